The van der Waals surface area contributed by atoms with Crippen molar-refractivity contribution in [2.45, 2.75) is 6.54 Å². The molecule has 2 heterocycles. The summed E-state index contributed by atoms with van der Waals surface area (Å²) in [7, 11) is 0. The Bertz CT molecular complexity index is 961. The summed E-state index contributed by atoms with van der Waals surface area (Å²) >= 11 is 0. The number of morpholine rings is 1. The van der Waals surface area contributed by atoms with E-state index in [0.717, 1.165) is 35.6 Å². The van der Waals surface area contributed by atoms with Crippen LogP contribution in [-0.2, 0) is 11.3 Å². The van der Waals surface area contributed by atoms with Gasteiger partial charge in [-0.15, -0.1) is 0 Å². The summed E-state index contributed by atoms with van der Waals surface area (Å²) in [6.07, 6.45) is 2.01. The second-order valence-electron chi connectivity index (χ2n) is 6.67. The molecule has 1 aromatic heterocycles. The van der Waals surface area contributed by atoms with Crippen LogP contribution in [0.2, 0.25) is 0 Å². The monoisotopic (exact) mass is 456 g/mol. The van der Waals surface area contributed by atoms with E-state index in [2.05, 4.69) is 23.1 Å². The van der Waals surface area contributed by atoms with Gasteiger partial charge >= 0.3 is 0 Å². The Hall–Kier alpha value is -2.84. The maximum absolute atomic E-state index is 10.9. The highest BCUT2D eigenvalue weighted by molar-refractivity contribution is 5.64. The van der Waals surface area contributed by atoms with E-state index < -0.39 is 0 Å². The van der Waals surface area contributed by atoms with Gasteiger partial charge in [0.1, 0.15) is 0 Å². The maximum Gasteiger partial charge on any atom is 0.269 e. The summed E-state index contributed by atoms with van der Waals surface area (Å²) in [6.45, 7) is 3.54. The number of benzene rings is 2. The molecule has 1 aliphatic heterocycles. The Kier molecular flexibility index (Phi) is 6.90. The third-order valence-electron chi connectivity index (χ3n) is 4.74. The first kappa shape index (κ1) is 20.9. The number of hydrogen-bond donors (Lipinski definition) is 0. The van der Waals surface area contributed by atoms with Gasteiger partial charge in [0.15, 0.2) is 12.4 Å². The van der Waals surface area contributed by atoms with Crippen molar-refractivity contribution >= 4 is 11.5 Å². The third-order valence-corrected chi connectivity index (χ3v) is 4.74. The summed E-state index contributed by atoms with van der Waals surface area (Å²) in [5.74, 6) is 0.909. The number of hydrogen-bond acceptors (Lipinski definition) is 5. The standard InChI is InChI=1S/C21H21N4O3.BrH/c26-25(27)20-8-6-17(7-9-20)15-24-16-19(18-4-2-1-3-5-18)14-21(22-24)23-10-12-28-13-11-23;/h1-9,14,16H,10-13,15H2;1H/q+1;/p-1. The molecule has 0 amide bonds. The lowest BCUT2D eigenvalue weighted by Gasteiger charge is -2.26. The average molecular weight is 457 g/mol. The van der Waals surface area contributed by atoms with Gasteiger partial charge in [0, 0.05) is 42.0 Å². The molecule has 7 nitrogen and oxygen atoms in total. The molecule has 29 heavy (non-hydrogen) atoms. The fraction of sp³-hybridized carbons (Fsp3) is 0.238. The van der Waals surface area contributed by atoms with E-state index in [9.17, 15) is 10.1 Å². The fourth-order valence-corrected chi connectivity index (χ4v) is 3.25. The summed E-state index contributed by atoms with van der Waals surface area (Å²) in [5.41, 5.74) is 3.26. The largest absolute Gasteiger partial charge is 1.00 e. The first-order chi connectivity index (χ1) is 13.7. The van der Waals surface area contributed by atoms with Crippen LogP contribution in [0, 0.1) is 10.1 Å². The molecule has 8 heteroatoms. The van der Waals surface area contributed by atoms with Gasteiger partial charge in [0.25, 0.3) is 5.69 Å². The lowest BCUT2D eigenvalue weighted by atomic mass is 10.1. The molecule has 2 aromatic carbocycles. The minimum absolute atomic E-state index is 0. The summed E-state index contributed by atoms with van der Waals surface area (Å²) in [4.78, 5) is 12.7. The molecule has 0 spiro atoms. The Balaban J connectivity index is 0.00000240. The molecule has 0 unspecified atom stereocenters. The van der Waals surface area contributed by atoms with E-state index in [1.165, 1.54) is 12.1 Å². The molecule has 3 aromatic rings. The Labute approximate surface area is 179 Å². The molecule has 1 aliphatic rings. The van der Waals surface area contributed by atoms with E-state index in [1.807, 2.05) is 29.1 Å². The minimum atomic E-state index is -0.387. The minimum Gasteiger partial charge on any atom is -1.00 e. The van der Waals surface area contributed by atoms with Crippen LogP contribution in [0.25, 0.3) is 11.1 Å². The highest BCUT2D eigenvalue weighted by atomic mass is 79.9. The Morgan fingerprint density at radius 1 is 1.03 bits per heavy atom. The number of nitro groups is 1. The first-order valence-corrected chi connectivity index (χ1v) is 9.22. The first-order valence-electron chi connectivity index (χ1n) is 9.22. The molecular formula is C21H21BrN4O3. The van der Waals surface area contributed by atoms with Crippen LogP contribution in [-0.4, -0.2) is 36.3 Å². The van der Waals surface area contributed by atoms with E-state index in [4.69, 9.17) is 9.84 Å². The molecule has 0 N–H and O–H groups in total. The van der Waals surface area contributed by atoms with Crippen LogP contribution in [0.1, 0.15) is 5.56 Å². The van der Waals surface area contributed by atoms with Crippen LogP contribution in [0.5, 0.6) is 0 Å². The highest BCUT2D eigenvalue weighted by Gasteiger charge is 2.19. The van der Waals surface area contributed by atoms with Crippen LogP contribution in [0.3, 0.4) is 0 Å². The Morgan fingerprint density at radius 2 is 1.72 bits per heavy atom. The summed E-state index contributed by atoms with van der Waals surface area (Å²) in [6, 6.07) is 18.9. The van der Waals surface area contributed by atoms with Crippen LogP contribution in [0.15, 0.2) is 66.9 Å². The zero-order valence-electron chi connectivity index (χ0n) is 15.8. The smallest absolute Gasteiger partial charge is 0.269 e. The predicted octanol–water partition coefficient (Wildman–Crippen LogP) is -0.167. The molecule has 0 bridgehead atoms. The van der Waals surface area contributed by atoms with Gasteiger partial charge < -0.3 is 26.6 Å². The number of non-ortho nitro benzene ring substituents is 1. The van der Waals surface area contributed by atoms with Crippen molar-refractivity contribution in [3.05, 3.63) is 82.5 Å². The second kappa shape index (κ2) is 9.58. The second-order valence-corrected chi connectivity index (χ2v) is 6.67. The zero-order chi connectivity index (χ0) is 19.3. The van der Waals surface area contributed by atoms with Gasteiger partial charge in [-0.3, -0.25) is 10.1 Å². The van der Waals surface area contributed by atoms with Gasteiger partial charge in [-0.1, -0.05) is 35.0 Å². The lowest BCUT2D eigenvalue weighted by molar-refractivity contribution is -0.744. The van der Waals surface area contributed by atoms with Gasteiger partial charge in [-0.05, 0) is 17.7 Å². The number of rotatable bonds is 5. The fourth-order valence-electron chi connectivity index (χ4n) is 3.25. The molecule has 4 rings (SSSR count). The number of nitrogens with zero attached hydrogens (tertiary/aromatic N) is 4. The van der Waals surface area contributed by atoms with E-state index in [-0.39, 0.29) is 27.6 Å². The number of ether oxygens (including phenoxy) is 1. The van der Waals surface area contributed by atoms with Gasteiger partial charge in [0.2, 0.25) is 6.20 Å². The van der Waals surface area contributed by atoms with E-state index in [0.29, 0.717) is 19.8 Å². The lowest BCUT2D eigenvalue weighted by Crippen LogP contribution is -3.00. The van der Waals surface area contributed by atoms with Gasteiger partial charge in [0.05, 0.1) is 23.7 Å². The molecule has 0 saturated carbocycles. The summed E-state index contributed by atoms with van der Waals surface area (Å²) < 4.78 is 7.36. The van der Waals surface area contributed by atoms with Crippen molar-refractivity contribution in [1.82, 2.24) is 5.10 Å². The predicted molar refractivity (Wildman–Crippen MR) is 105 cm³/mol. The molecule has 0 aliphatic carbocycles. The SMILES string of the molecule is O=[N+]([O-])c1ccc(C[n+]2cc(-c3ccccc3)cc(N3CCOCC3)n2)cc1.[Br-]. The topological polar surface area (TPSA) is 72.4 Å². The highest BCUT2D eigenvalue weighted by Crippen LogP contribution is 2.22. The van der Waals surface area contributed by atoms with Crippen molar-refractivity contribution in [2.75, 3.05) is 31.2 Å². The molecule has 0 radical (unpaired) electrons. The zero-order valence-corrected chi connectivity index (χ0v) is 17.4. The quantitative estimate of drug-likeness (QED) is 0.303. The van der Waals surface area contributed by atoms with Gasteiger partial charge in [-0.2, -0.15) is 0 Å². The van der Waals surface area contributed by atoms with Crippen LogP contribution in [0.4, 0.5) is 11.5 Å². The van der Waals surface area contributed by atoms with Crippen molar-refractivity contribution < 1.29 is 31.3 Å². The van der Waals surface area contributed by atoms with Crippen LogP contribution >= 0.6 is 0 Å². The number of anilines is 1. The van der Waals surface area contributed by atoms with Crippen molar-refractivity contribution in [3.63, 3.8) is 0 Å². The average Bonchev–Trinajstić information content (AvgIpc) is 2.75. The van der Waals surface area contributed by atoms with Gasteiger partial charge in [-0.25, -0.2) is 0 Å². The normalized spacial score (nSPS) is 13.6. The molecule has 1 fully saturated rings. The van der Waals surface area contributed by atoms with Crippen molar-refractivity contribution in [3.8, 4) is 11.1 Å². The van der Waals surface area contributed by atoms with Crippen LogP contribution < -0.4 is 26.6 Å². The molecule has 150 valence electrons. The third kappa shape index (κ3) is 5.16. The van der Waals surface area contributed by atoms with Crippen molar-refractivity contribution in [2.24, 2.45) is 0 Å². The molecule has 0 atom stereocenters. The van der Waals surface area contributed by atoms with Crippen molar-refractivity contribution in [1.29, 1.82) is 0 Å². The number of halogens is 1. The Morgan fingerprint density at radius 3 is 2.38 bits per heavy atom. The van der Waals surface area contributed by atoms with E-state index >= 15 is 0 Å². The molecule has 1 saturated heterocycles. The summed E-state index contributed by atoms with van der Waals surface area (Å²) in [5, 5.41) is 15.7. The number of aromatic nitrogens is 2. The maximum atomic E-state index is 10.9. The number of nitro benzene ring substituents is 1. The molecular weight excluding hydrogens is 436 g/mol. The van der Waals surface area contributed by atoms with E-state index in [1.54, 1.807) is 12.1 Å².